The Morgan fingerprint density at radius 2 is 1.57 bits per heavy atom. The molecule has 1 fully saturated rings. The molecule has 258 valence electrons. The molecule has 0 bridgehead atoms. The van der Waals surface area contributed by atoms with E-state index in [1.165, 1.54) is 0 Å². The summed E-state index contributed by atoms with van der Waals surface area (Å²) >= 11 is 5.62. The molecule has 1 saturated heterocycles. The molecule has 2 aliphatic rings. The smallest absolute Gasteiger partial charge is 0.262 e. The molecule has 3 aromatic carbocycles. The van der Waals surface area contributed by atoms with Crippen molar-refractivity contribution in [3.05, 3.63) is 89.0 Å². The zero-order valence-corrected chi connectivity index (χ0v) is 28.0. The van der Waals surface area contributed by atoms with Gasteiger partial charge in [0, 0.05) is 30.6 Å². The molecule has 13 heteroatoms. The maximum Gasteiger partial charge on any atom is 0.262 e. The van der Waals surface area contributed by atoms with E-state index < -0.39 is 35.8 Å². The van der Waals surface area contributed by atoms with Crippen LogP contribution < -0.4 is 25.4 Å². The van der Waals surface area contributed by atoms with Crippen LogP contribution in [-0.4, -0.2) is 83.9 Å². The lowest BCUT2D eigenvalue weighted by Gasteiger charge is -2.27. The number of nitrogens with zero attached hydrogens (tertiary/aromatic N) is 1. The van der Waals surface area contributed by atoms with Gasteiger partial charge in [-0.25, -0.2) is 0 Å². The van der Waals surface area contributed by atoms with Crippen molar-refractivity contribution in [2.24, 2.45) is 0 Å². The normalized spacial score (nSPS) is 16.6. The van der Waals surface area contributed by atoms with Crippen molar-refractivity contribution in [2.45, 2.75) is 50.7 Å². The first-order chi connectivity index (χ1) is 23.5. The predicted octanol–water partition coefficient (Wildman–Crippen LogP) is 3.39. The number of carbonyl (C=O) groups excluding carboxylic acids is 5. The third-order valence-corrected chi connectivity index (χ3v) is 8.94. The number of anilines is 1. The summed E-state index contributed by atoms with van der Waals surface area (Å²) in [5.41, 5.74) is 2.87. The number of nitrogens with one attached hydrogen (secondary N) is 3. The summed E-state index contributed by atoms with van der Waals surface area (Å²) in [6, 6.07) is 19.1. The molecule has 0 spiro atoms. The van der Waals surface area contributed by atoms with Crippen LogP contribution in [0.25, 0.3) is 0 Å². The molecule has 5 rings (SSSR count). The summed E-state index contributed by atoms with van der Waals surface area (Å²) in [6.45, 7) is 5.10. The van der Waals surface area contributed by atoms with E-state index in [2.05, 4.69) is 29.8 Å². The lowest BCUT2D eigenvalue weighted by atomic mass is 9.78. The Morgan fingerprint density at radius 3 is 2.20 bits per heavy atom. The number of benzene rings is 3. The maximum atomic E-state index is 13.0. The first-order valence-corrected chi connectivity index (χ1v) is 16.6. The lowest BCUT2D eigenvalue weighted by molar-refractivity contribution is -0.136. The van der Waals surface area contributed by atoms with Crippen LogP contribution in [0.1, 0.15) is 65.0 Å². The lowest BCUT2D eigenvalue weighted by Crippen LogP contribution is -2.54. The van der Waals surface area contributed by atoms with Crippen LogP contribution in [0.4, 0.5) is 5.69 Å². The number of imide groups is 2. The van der Waals surface area contributed by atoms with E-state index in [-0.39, 0.29) is 54.4 Å². The molecular weight excluding hydrogens is 652 g/mol. The first kappa shape index (κ1) is 35.4. The molecule has 4 N–H and O–H groups in total. The van der Waals surface area contributed by atoms with Gasteiger partial charge in [-0.3, -0.25) is 34.2 Å². The van der Waals surface area contributed by atoms with Gasteiger partial charge >= 0.3 is 0 Å². The Hall–Kier alpha value is -4.94. The van der Waals surface area contributed by atoms with E-state index in [0.29, 0.717) is 36.7 Å². The minimum atomic E-state index is -1.01. The van der Waals surface area contributed by atoms with Crippen molar-refractivity contribution in [1.82, 2.24) is 15.5 Å². The van der Waals surface area contributed by atoms with Gasteiger partial charge < -0.3 is 25.2 Å². The molecule has 0 aromatic heterocycles. The van der Waals surface area contributed by atoms with E-state index in [0.717, 1.165) is 16.0 Å². The third kappa shape index (κ3) is 8.38. The Labute approximate surface area is 289 Å². The average molecular weight is 691 g/mol. The highest BCUT2D eigenvalue weighted by Crippen LogP contribution is 2.33. The second-order valence-corrected chi connectivity index (χ2v) is 12.7. The van der Waals surface area contributed by atoms with Crippen molar-refractivity contribution in [3.8, 4) is 11.5 Å². The largest absolute Gasteiger partial charge is 0.491 e. The van der Waals surface area contributed by atoms with Crippen LogP contribution in [-0.2, 0) is 19.8 Å². The number of aliphatic hydroxyl groups is 1. The predicted molar refractivity (Wildman–Crippen MR) is 182 cm³/mol. The number of hydrogen-bond acceptors (Lipinski definition) is 9. The fraction of sp³-hybridized carbons (Fsp3) is 0.361. The van der Waals surface area contributed by atoms with Crippen LogP contribution >= 0.6 is 11.6 Å². The van der Waals surface area contributed by atoms with Gasteiger partial charge in [0.2, 0.25) is 11.8 Å². The number of alkyl halides is 1. The molecule has 2 heterocycles. The number of piperidine rings is 1. The number of fused-ring (bicyclic) bond motifs is 1. The number of ether oxygens (including phenoxy) is 2. The van der Waals surface area contributed by atoms with Gasteiger partial charge in [0.15, 0.2) is 6.61 Å². The quantitative estimate of drug-likeness (QED) is 0.106. The van der Waals surface area contributed by atoms with Gasteiger partial charge in [-0.15, -0.1) is 11.6 Å². The maximum absolute atomic E-state index is 13.0. The SMILES string of the molecule is CC(C)(c1ccc(OCC(=O)NCCCNc2ccc3c(c2)C(=O)N(C2CCC(=O)NC2=O)C3=O)cc1)c1ccc(OCC(O)CCl)cc1. The summed E-state index contributed by atoms with van der Waals surface area (Å²) in [5, 5.41) is 17.8. The van der Waals surface area contributed by atoms with Gasteiger partial charge in [-0.1, -0.05) is 38.1 Å². The van der Waals surface area contributed by atoms with Crippen LogP contribution in [0.2, 0.25) is 0 Å². The molecule has 2 aliphatic heterocycles. The van der Waals surface area contributed by atoms with Gasteiger partial charge in [0.1, 0.15) is 30.3 Å². The molecule has 2 atom stereocenters. The molecule has 0 saturated carbocycles. The van der Waals surface area contributed by atoms with Crippen LogP contribution in [0.3, 0.4) is 0 Å². The highest BCUT2D eigenvalue weighted by atomic mass is 35.5. The standard InChI is InChI=1S/C36H39ClN4O8/c1-36(2,22-4-9-26(10-5-22)48-20-25(42)19-37)23-6-11-27(12-7-23)49-21-32(44)39-17-3-16-38-24-8-13-28-29(18-24)35(47)41(34(28)46)30-14-15-31(43)40-33(30)45/h4-13,18,25,30,38,42H,3,14-17,19-21H2,1-2H3,(H,39,44)(H,40,43,45). The van der Waals surface area contributed by atoms with E-state index in [1.54, 1.807) is 18.2 Å². The average Bonchev–Trinajstić information content (AvgIpc) is 3.34. The van der Waals surface area contributed by atoms with Crippen molar-refractivity contribution >= 4 is 46.8 Å². The Balaban J connectivity index is 1.03. The topological polar surface area (TPSA) is 163 Å². The monoisotopic (exact) mass is 690 g/mol. The van der Waals surface area contributed by atoms with Crippen LogP contribution in [0.15, 0.2) is 66.7 Å². The first-order valence-electron chi connectivity index (χ1n) is 16.0. The number of aliphatic hydroxyl groups excluding tert-OH is 1. The Bertz CT molecular complexity index is 1710. The number of rotatable bonds is 15. The highest BCUT2D eigenvalue weighted by Gasteiger charge is 2.44. The van der Waals surface area contributed by atoms with E-state index in [4.69, 9.17) is 21.1 Å². The van der Waals surface area contributed by atoms with Crippen molar-refractivity contribution < 1.29 is 38.6 Å². The molecule has 12 nitrogen and oxygen atoms in total. The molecule has 3 aromatic rings. The minimum absolute atomic E-state index is 0.0590. The van der Waals surface area contributed by atoms with E-state index in [9.17, 15) is 29.1 Å². The number of halogens is 1. The molecule has 0 radical (unpaired) electrons. The second-order valence-electron chi connectivity index (χ2n) is 12.4. The van der Waals surface area contributed by atoms with Gasteiger partial charge in [0.25, 0.3) is 17.7 Å². The van der Waals surface area contributed by atoms with Crippen molar-refractivity contribution in [1.29, 1.82) is 0 Å². The van der Waals surface area contributed by atoms with E-state index >= 15 is 0 Å². The molecule has 5 amide bonds. The Kier molecular flexibility index (Phi) is 11.2. The fourth-order valence-electron chi connectivity index (χ4n) is 5.67. The summed E-state index contributed by atoms with van der Waals surface area (Å²) in [7, 11) is 0. The number of amides is 5. The van der Waals surface area contributed by atoms with Gasteiger partial charge in [0.05, 0.1) is 17.0 Å². The molecule has 2 unspecified atom stereocenters. The summed E-state index contributed by atoms with van der Waals surface area (Å²) in [5.74, 6) is -1.13. The number of hydrogen-bond donors (Lipinski definition) is 4. The molecular formula is C36H39ClN4O8. The van der Waals surface area contributed by atoms with Crippen LogP contribution in [0, 0.1) is 0 Å². The number of carbonyl (C=O) groups is 5. The minimum Gasteiger partial charge on any atom is -0.491 e. The molecule has 0 aliphatic carbocycles. The summed E-state index contributed by atoms with van der Waals surface area (Å²) in [4.78, 5) is 62.9. The highest BCUT2D eigenvalue weighted by molar-refractivity contribution is 6.23. The zero-order chi connectivity index (χ0) is 35.1. The molecule has 49 heavy (non-hydrogen) atoms. The van der Waals surface area contributed by atoms with Crippen molar-refractivity contribution in [3.63, 3.8) is 0 Å². The van der Waals surface area contributed by atoms with E-state index in [1.807, 2.05) is 48.5 Å². The summed E-state index contributed by atoms with van der Waals surface area (Å²) in [6.07, 6.45) is 0.0257. The third-order valence-electron chi connectivity index (χ3n) is 8.59. The summed E-state index contributed by atoms with van der Waals surface area (Å²) < 4.78 is 11.3. The van der Waals surface area contributed by atoms with Gasteiger partial charge in [-0.05, 0) is 66.4 Å². The Morgan fingerprint density at radius 1 is 0.939 bits per heavy atom. The second kappa shape index (κ2) is 15.5. The fourth-order valence-corrected chi connectivity index (χ4v) is 5.76. The van der Waals surface area contributed by atoms with Crippen molar-refractivity contribution in [2.75, 3.05) is 37.5 Å². The van der Waals surface area contributed by atoms with Gasteiger partial charge in [-0.2, -0.15) is 0 Å². The van der Waals surface area contributed by atoms with Crippen LogP contribution in [0.5, 0.6) is 11.5 Å². The zero-order valence-electron chi connectivity index (χ0n) is 27.3.